The average molecular weight is 431 g/mol. The fraction of sp³-hybridized carbons (Fsp3) is 0.778. The lowest BCUT2D eigenvalue weighted by Crippen LogP contribution is -2.55. The summed E-state index contributed by atoms with van der Waals surface area (Å²) in [6, 6.07) is -1.27. The van der Waals surface area contributed by atoms with E-state index < -0.39 is 24.2 Å². The summed E-state index contributed by atoms with van der Waals surface area (Å²) in [6.45, 7) is 10.3. The van der Waals surface area contributed by atoms with Gasteiger partial charge in [0.15, 0.2) is 0 Å². The van der Waals surface area contributed by atoms with Crippen LogP contribution in [0.15, 0.2) is 0 Å². The number of hydrogen-bond acceptors (Lipinski definition) is 6. The SMILES string of the molecule is CCOC(=O)NNC(=O)NCC1(C)CC(NC(=O)NNC(=O)OCC)CC(C)(C)C1. The van der Waals surface area contributed by atoms with Crippen molar-refractivity contribution in [2.24, 2.45) is 10.8 Å². The third-order valence-electron chi connectivity index (χ3n) is 4.56. The normalized spacial score (nSPS) is 22.1. The zero-order valence-corrected chi connectivity index (χ0v) is 18.3. The van der Waals surface area contributed by atoms with Crippen LogP contribution < -0.4 is 32.3 Å². The number of rotatable bonds is 5. The highest BCUT2D eigenvalue weighted by Gasteiger charge is 2.41. The molecule has 2 atom stereocenters. The molecule has 0 bridgehead atoms. The molecule has 12 heteroatoms. The molecule has 172 valence electrons. The average Bonchev–Trinajstić information content (AvgIpc) is 2.62. The molecule has 2 unspecified atom stereocenters. The number of hydrogen-bond donors (Lipinski definition) is 6. The molecule has 30 heavy (non-hydrogen) atoms. The second-order valence-electron chi connectivity index (χ2n) is 8.35. The predicted molar refractivity (Wildman–Crippen MR) is 108 cm³/mol. The zero-order valence-electron chi connectivity index (χ0n) is 18.3. The van der Waals surface area contributed by atoms with Crippen LogP contribution in [-0.4, -0.2) is 50.0 Å². The van der Waals surface area contributed by atoms with Crippen LogP contribution in [0.5, 0.6) is 0 Å². The minimum atomic E-state index is -0.746. The summed E-state index contributed by atoms with van der Waals surface area (Å²) in [5.41, 5.74) is 8.38. The molecular formula is C18H34N6O6. The van der Waals surface area contributed by atoms with Gasteiger partial charge in [-0.25, -0.2) is 40.9 Å². The van der Waals surface area contributed by atoms with Crippen molar-refractivity contribution >= 4 is 24.2 Å². The van der Waals surface area contributed by atoms with E-state index in [1.807, 2.05) is 6.92 Å². The Morgan fingerprint density at radius 2 is 1.37 bits per heavy atom. The van der Waals surface area contributed by atoms with E-state index in [1.54, 1.807) is 13.8 Å². The second-order valence-corrected chi connectivity index (χ2v) is 8.35. The lowest BCUT2D eigenvalue weighted by molar-refractivity contribution is 0.0743. The van der Waals surface area contributed by atoms with Crippen LogP contribution in [0, 0.1) is 10.8 Å². The standard InChI is InChI=1S/C18H34N6O6/c1-6-29-15(27)23-21-13(25)19-11-18(5)9-12(8-17(3,4)10-18)20-14(26)22-24-16(28)30-7-2/h12H,6-11H2,1-5H3,(H,23,27)(H,24,28)(H2,19,21,25)(H2,20,22,26). The monoisotopic (exact) mass is 430 g/mol. The third-order valence-corrected chi connectivity index (χ3v) is 4.56. The molecule has 6 N–H and O–H groups in total. The van der Waals surface area contributed by atoms with Gasteiger partial charge in [0.1, 0.15) is 0 Å². The first-order chi connectivity index (χ1) is 14.0. The van der Waals surface area contributed by atoms with Gasteiger partial charge >= 0.3 is 24.2 Å². The predicted octanol–water partition coefficient (Wildman–Crippen LogP) is 1.49. The Hall–Kier alpha value is -2.92. The van der Waals surface area contributed by atoms with Crippen molar-refractivity contribution < 1.29 is 28.7 Å². The van der Waals surface area contributed by atoms with Crippen LogP contribution in [0.3, 0.4) is 0 Å². The van der Waals surface area contributed by atoms with Gasteiger partial charge < -0.3 is 20.1 Å². The maximum Gasteiger partial charge on any atom is 0.426 e. The van der Waals surface area contributed by atoms with Crippen molar-refractivity contribution in [2.45, 2.75) is 59.9 Å². The minimum absolute atomic E-state index is 0.0825. The molecule has 0 spiro atoms. The number of amides is 6. The van der Waals surface area contributed by atoms with Gasteiger partial charge in [0, 0.05) is 12.6 Å². The number of urea groups is 2. The van der Waals surface area contributed by atoms with E-state index in [9.17, 15) is 19.2 Å². The van der Waals surface area contributed by atoms with Gasteiger partial charge in [0.25, 0.3) is 0 Å². The van der Waals surface area contributed by atoms with Crippen LogP contribution in [0.2, 0.25) is 0 Å². The molecule has 1 aliphatic rings. The molecule has 1 rings (SSSR count). The summed E-state index contributed by atoms with van der Waals surface area (Å²) in [4.78, 5) is 46.5. The topological polar surface area (TPSA) is 159 Å². The molecule has 0 aliphatic heterocycles. The van der Waals surface area contributed by atoms with Crippen LogP contribution in [0.4, 0.5) is 19.2 Å². The van der Waals surface area contributed by atoms with Gasteiger partial charge in [-0.3, -0.25) is 0 Å². The van der Waals surface area contributed by atoms with Gasteiger partial charge in [-0.2, -0.15) is 0 Å². The molecule has 0 aromatic rings. The van der Waals surface area contributed by atoms with E-state index in [-0.39, 0.29) is 30.1 Å². The Balaban J connectivity index is 2.55. The first-order valence-electron chi connectivity index (χ1n) is 9.94. The summed E-state index contributed by atoms with van der Waals surface area (Å²) in [7, 11) is 0. The van der Waals surface area contributed by atoms with Gasteiger partial charge in [0.2, 0.25) is 0 Å². The summed E-state index contributed by atoms with van der Waals surface area (Å²) in [5.74, 6) is 0. The minimum Gasteiger partial charge on any atom is -0.449 e. The number of carbonyl (C=O) groups excluding carboxylic acids is 4. The molecule has 6 amide bonds. The molecule has 0 heterocycles. The Bertz CT molecular complexity index is 628. The Labute approximate surface area is 176 Å². The van der Waals surface area contributed by atoms with Crippen molar-refractivity contribution in [3.05, 3.63) is 0 Å². The lowest BCUT2D eigenvalue weighted by atomic mass is 9.62. The number of ether oxygens (including phenoxy) is 2. The van der Waals surface area contributed by atoms with Crippen molar-refractivity contribution in [3.8, 4) is 0 Å². The lowest BCUT2D eigenvalue weighted by Gasteiger charge is -2.46. The Morgan fingerprint density at radius 3 is 1.90 bits per heavy atom. The summed E-state index contributed by atoms with van der Waals surface area (Å²) >= 11 is 0. The Kier molecular flexibility index (Phi) is 9.47. The first kappa shape index (κ1) is 25.1. The summed E-state index contributed by atoms with van der Waals surface area (Å²) < 4.78 is 9.34. The van der Waals surface area contributed by atoms with Gasteiger partial charge in [-0.15, -0.1) is 0 Å². The number of nitrogens with one attached hydrogen (secondary N) is 6. The molecule has 0 saturated heterocycles. The molecule has 0 aromatic carbocycles. The fourth-order valence-electron chi connectivity index (χ4n) is 3.98. The van der Waals surface area contributed by atoms with Gasteiger partial charge in [-0.05, 0) is 43.9 Å². The molecule has 0 radical (unpaired) electrons. The van der Waals surface area contributed by atoms with E-state index >= 15 is 0 Å². The van der Waals surface area contributed by atoms with Crippen LogP contribution >= 0.6 is 0 Å². The highest BCUT2D eigenvalue weighted by Crippen LogP contribution is 2.45. The largest absolute Gasteiger partial charge is 0.449 e. The smallest absolute Gasteiger partial charge is 0.426 e. The van der Waals surface area contributed by atoms with Gasteiger partial charge in [-0.1, -0.05) is 20.8 Å². The van der Waals surface area contributed by atoms with Crippen molar-refractivity contribution in [3.63, 3.8) is 0 Å². The highest BCUT2D eigenvalue weighted by molar-refractivity contribution is 5.78. The van der Waals surface area contributed by atoms with E-state index in [2.05, 4.69) is 55.7 Å². The van der Waals surface area contributed by atoms with E-state index in [0.29, 0.717) is 13.0 Å². The zero-order chi connectivity index (χ0) is 22.8. The summed E-state index contributed by atoms with van der Waals surface area (Å²) in [5, 5.41) is 5.58. The summed E-state index contributed by atoms with van der Waals surface area (Å²) in [6.07, 6.45) is 0.699. The van der Waals surface area contributed by atoms with Crippen LogP contribution in [-0.2, 0) is 9.47 Å². The molecule has 12 nitrogen and oxygen atoms in total. The molecular weight excluding hydrogens is 396 g/mol. The number of carbonyl (C=O) groups is 4. The van der Waals surface area contributed by atoms with E-state index in [0.717, 1.165) is 12.8 Å². The second kappa shape index (κ2) is 11.3. The molecule has 0 aromatic heterocycles. The fourth-order valence-corrected chi connectivity index (χ4v) is 3.98. The Morgan fingerprint density at radius 1 is 0.833 bits per heavy atom. The maximum absolute atomic E-state index is 12.1. The molecule has 1 saturated carbocycles. The van der Waals surface area contributed by atoms with Crippen molar-refractivity contribution in [1.29, 1.82) is 0 Å². The van der Waals surface area contributed by atoms with Crippen LogP contribution in [0.1, 0.15) is 53.9 Å². The van der Waals surface area contributed by atoms with Crippen molar-refractivity contribution in [1.82, 2.24) is 32.3 Å². The van der Waals surface area contributed by atoms with Crippen LogP contribution in [0.25, 0.3) is 0 Å². The number of hydrazine groups is 2. The first-order valence-corrected chi connectivity index (χ1v) is 9.94. The quantitative estimate of drug-likeness (QED) is 0.363. The maximum atomic E-state index is 12.1. The molecule has 1 fully saturated rings. The highest BCUT2D eigenvalue weighted by atomic mass is 16.6. The van der Waals surface area contributed by atoms with Gasteiger partial charge in [0.05, 0.1) is 13.2 Å². The third kappa shape index (κ3) is 9.52. The van der Waals surface area contributed by atoms with E-state index in [1.165, 1.54) is 0 Å². The molecule has 1 aliphatic carbocycles. The van der Waals surface area contributed by atoms with Crippen molar-refractivity contribution in [2.75, 3.05) is 19.8 Å². The van der Waals surface area contributed by atoms with E-state index in [4.69, 9.17) is 0 Å².